The van der Waals surface area contributed by atoms with Gasteiger partial charge in [0.25, 0.3) is 5.91 Å². The number of halogens is 3. The van der Waals surface area contributed by atoms with Gasteiger partial charge in [0.15, 0.2) is 5.13 Å². The largest absolute Gasteiger partial charge is 0.326 e. The van der Waals surface area contributed by atoms with Crippen molar-refractivity contribution in [3.05, 3.63) is 64.8 Å². The smallest absolute Gasteiger partial charge is 0.257 e. The molecule has 0 spiro atoms. The lowest BCUT2D eigenvalue weighted by atomic mass is 10.1. The number of rotatable bonds is 4. The van der Waals surface area contributed by atoms with Crippen LogP contribution in [0.4, 0.5) is 24.0 Å². The van der Waals surface area contributed by atoms with Crippen LogP contribution < -0.4 is 10.6 Å². The third-order valence-electron chi connectivity index (χ3n) is 3.41. The lowest BCUT2D eigenvalue weighted by Crippen LogP contribution is -2.12. The van der Waals surface area contributed by atoms with Gasteiger partial charge in [-0.2, -0.15) is 0 Å². The maximum atomic E-state index is 14.3. The molecule has 5 nitrogen and oxygen atoms in total. The third kappa shape index (κ3) is 4.50. The fourth-order valence-electron chi connectivity index (χ4n) is 2.31. The van der Waals surface area contributed by atoms with E-state index in [1.807, 2.05) is 0 Å². The second-order valence-electron chi connectivity index (χ2n) is 5.53. The van der Waals surface area contributed by atoms with Crippen LogP contribution in [0.5, 0.6) is 0 Å². The van der Waals surface area contributed by atoms with Gasteiger partial charge in [0.05, 0.1) is 5.69 Å². The van der Waals surface area contributed by atoms with Crippen LogP contribution in [-0.2, 0) is 4.79 Å². The summed E-state index contributed by atoms with van der Waals surface area (Å²) in [6.07, 6.45) is 0. The number of aromatic nitrogens is 1. The summed E-state index contributed by atoms with van der Waals surface area (Å²) in [6, 6.07) is 6.58. The topological polar surface area (TPSA) is 71.1 Å². The molecule has 3 aromatic rings. The number of hydrogen-bond acceptors (Lipinski definition) is 4. The van der Waals surface area contributed by atoms with Crippen molar-refractivity contribution in [2.24, 2.45) is 0 Å². The number of carbonyl (C=O) groups excluding carboxylic acids is 2. The molecule has 3 rings (SSSR count). The van der Waals surface area contributed by atoms with Gasteiger partial charge in [0, 0.05) is 35.2 Å². The molecule has 9 heteroatoms. The second-order valence-corrected chi connectivity index (χ2v) is 6.38. The molecule has 0 bridgehead atoms. The Bertz CT molecular complexity index is 1020. The minimum atomic E-state index is -0.874. The van der Waals surface area contributed by atoms with Crippen LogP contribution in [0.3, 0.4) is 0 Å². The van der Waals surface area contributed by atoms with Crippen LogP contribution in [0.1, 0.15) is 17.3 Å². The molecule has 138 valence electrons. The number of anilines is 2. The Morgan fingerprint density at radius 1 is 1.00 bits per heavy atom. The fourth-order valence-corrected chi connectivity index (χ4v) is 3.02. The zero-order chi connectivity index (χ0) is 19.6. The molecule has 2 aromatic carbocycles. The van der Waals surface area contributed by atoms with E-state index in [4.69, 9.17) is 0 Å². The standard InChI is InChI=1S/C18H12F3N3O2S/c1-9(25)22-13-2-3-14(15(21)7-13)16-8-27-18(23-16)24-17(26)10-4-11(19)6-12(20)5-10/h2-8H,1H3,(H,22,25)(H,23,24,26). The summed E-state index contributed by atoms with van der Waals surface area (Å²) in [4.78, 5) is 27.2. The number of hydrogen-bond donors (Lipinski definition) is 2. The van der Waals surface area contributed by atoms with Crippen molar-refractivity contribution in [3.63, 3.8) is 0 Å². The molecule has 1 heterocycles. The SMILES string of the molecule is CC(=O)Nc1ccc(-c2csc(NC(=O)c3cc(F)cc(F)c3)n2)c(F)c1. The van der Waals surface area contributed by atoms with Gasteiger partial charge in [0.1, 0.15) is 17.5 Å². The summed E-state index contributed by atoms with van der Waals surface area (Å²) in [5, 5.41) is 6.55. The lowest BCUT2D eigenvalue weighted by Gasteiger charge is -2.05. The highest BCUT2D eigenvalue weighted by atomic mass is 32.1. The van der Waals surface area contributed by atoms with Gasteiger partial charge in [-0.25, -0.2) is 18.2 Å². The number of benzene rings is 2. The maximum absolute atomic E-state index is 14.3. The zero-order valence-electron chi connectivity index (χ0n) is 13.8. The molecular weight excluding hydrogens is 379 g/mol. The molecule has 2 amide bonds. The average Bonchev–Trinajstić information content (AvgIpc) is 3.01. The van der Waals surface area contributed by atoms with Gasteiger partial charge in [-0.05, 0) is 30.3 Å². The summed E-state index contributed by atoms with van der Waals surface area (Å²) < 4.78 is 40.7. The van der Waals surface area contributed by atoms with Crippen molar-refractivity contribution in [2.75, 3.05) is 10.6 Å². The van der Waals surface area contributed by atoms with Crippen LogP contribution in [0.25, 0.3) is 11.3 Å². The Morgan fingerprint density at radius 2 is 1.70 bits per heavy atom. The molecule has 0 radical (unpaired) electrons. The average molecular weight is 391 g/mol. The Hall–Kier alpha value is -3.20. The van der Waals surface area contributed by atoms with Crippen molar-refractivity contribution < 1.29 is 22.8 Å². The van der Waals surface area contributed by atoms with Crippen molar-refractivity contribution in [3.8, 4) is 11.3 Å². The number of amides is 2. The predicted molar refractivity (Wildman–Crippen MR) is 96.1 cm³/mol. The zero-order valence-corrected chi connectivity index (χ0v) is 14.7. The van der Waals surface area contributed by atoms with E-state index in [9.17, 15) is 22.8 Å². The molecule has 0 saturated heterocycles. The van der Waals surface area contributed by atoms with E-state index >= 15 is 0 Å². The second kappa shape index (κ2) is 7.58. The molecule has 0 saturated carbocycles. The normalized spacial score (nSPS) is 10.5. The molecule has 27 heavy (non-hydrogen) atoms. The molecule has 2 N–H and O–H groups in total. The number of carbonyl (C=O) groups is 2. The molecule has 0 aliphatic rings. The third-order valence-corrected chi connectivity index (χ3v) is 4.17. The van der Waals surface area contributed by atoms with Gasteiger partial charge in [-0.3, -0.25) is 14.9 Å². The molecule has 0 atom stereocenters. The highest BCUT2D eigenvalue weighted by Crippen LogP contribution is 2.29. The Balaban J connectivity index is 1.78. The van der Waals surface area contributed by atoms with Gasteiger partial charge >= 0.3 is 0 Å². The Labute approximate surface area is 155 Å². The van der Waals surface area contributed by atoms with Crippen molar-refractivity contribution in [1.29, 1.82) is 0 Å². The molecule has 0 unspecified atom stereocenters. The van der Waals surface area contributed by atoms with E-state index in [0.717, 1.165) is 29.5 Å². The van der Waals surface area contributed by atoms with E-state index < -0.39 is 23.4 Å². The minimum absolute atomic E-state index is 0.144. The van der Waals surface area contributed by atoms with E-state index in [-0.39, 0.29) is 27.9 Å². The first kappa shape index (κ1) is 18.6. The van der Waals surface area contributed by atoms with E-state index in [0.29, 0.717) is 11.8 Å². The molecule has 0 aliphatic heterocycles. The number of nitrogens with one attached hydrogen (secondary N) is 2. The van der Waals surface area contributed by atoms with Gasteiger partial charge in [-0.15, -0.1) is 11.3 Å². The van der Waals surface area contributed by atoms with Crippen molar-refractivity contribution in [2.45, 2.75) is 6.92 Å². The van der Waals surface area contributed by atoms with E-state index in [1.165, 1.54) is 24.4 Å². The Kier molecular flexibility index (Phi) is 5.22. The maximum Gasteiger partial charge on any atom is 0.257 e. The van der Waals surface area contributed by atoms with Crippen LogP contribution in [0.15, 0.2) is 41.8 Å². The van der Waals surface area contributed by atoms with E-state index in [2.05, 4.69) is 15.6 Å². The molecular formula is C18H12F3N3O2S. The highest BCUT2D eigenvalue weighted by molar-refractivity contribution is 7.14. The molecule has 0 aliphatic carbocycles. The summed E-state index contributed by atoms with van der Waals surface area (Å²) in [6.45, 7) is 1.31. The van der Waals surface area contributed by atoms with Crippen LogP contribution >= 0.6 is 11.3 Å². The fraction of sp³-hybridized carbons (Fsp3) is 0.0556. The van der Waals surface area contributed by atoms with E-state index in [1.54, 1.807) is 0 Å². The minimum Gasteiger partial charge on any atom is -0.326 e. The van der Waals surface area contributed by atoms with Crippen molar-refractivity contribution in [1.82, 2.24) is 4.98 Å². The summed E-state index contributed by atoms with van der Waals surface area (Å²) in [5.74, 6) is -3.41. The molecule has 0 fully saturated rings. The van der Waals surface area contributed by atoms with Crippen molar-refractivity contribution >= 4 is 34.0 Å². The van der Waals surface area contributed by atoms with Crippen LogP contribution in [0, 0.1) is 17.5 Å². The van der Waals surface area contributed by atoms with Crippen LogP contribution in [-0.4, -0.2) is 16.8 Å². The summed E-state index contributed by atoms with van der Waals surface area (Å²) >= 11 is 1.03. The van der Waals surface area contributed by atoms with Gasteiger partial charge < -0.3 is 5.32 Å². The summed E-state index contributed by atoms with van der Waals surface area (Å²) in [7, 11) is 0. The highest BCUT2D eigenvalue weighted by Gasteiger charge is 2.14. The quantitative estimate of drug-likeness (QED) is 0.691. The summed E-state index contributed by atoms with van der Waals surface area (Å²) in [5.41, 5.74) is 0.556. The first-order valence-electron chi connectivity index (χ1n) is 7.62. The van der Waals surface area contributed by atoms with Crippen LogP contribution in [0.2, 0.25) is 0 Å². The molecule has 1 aromatic heterocycles. The number of thiazole rings is 1. The van der Waals surface area contributed by atoms with Gasteiger partial charge in [-0.1, -0.05) is 0 Å². The monoisotopic (exact) mass is 391 g/mol. The first-order valence-corrected chi connectivity index (χ1v) is 8.50. The first-order chi connectivity index (χ1) is 12.8. The predicted octanol–water partition coefficient (Wildman–Crippen LogP) is 4.44. The number of nitrogens with zero attached hydrogens (tertiary/aromatic N) is 1. The Morgan fingerprint density at radius 3 is 2.33 bits per heavy atom. The lowest BCUT2D eigenvalue weighted by molar-refractivity contribution is -0.114. The van der Waals surface area contributed by atoms with Gasteiger partial charge in [0.2, 0.25) is 5.91 Å².